The van der Waals surface area contributed by atoms with Crippen LogP contribution in [0.4, 0.5) is 0 Å². The molecule has 0 bridgehead atoms. The molecule has 0 spiro atoms. The Morgan fingerprint density at radius 1 is 1.20 bits per heavy atom. The number of aromatic nitrogens is 3. The van der Waals surface area contributed by atoms with Gasteiger partial charge in [-0.15, -0.1) is 0 Å². The first-order valence-corrected chi connectivity index (χ1v) is 9.43. The van der Waals surface area contributed by atoms with Crippen LogP contribution in [0.1, 0.15) is 32.9 Å². The van der Waals surface area contributed by atoms with E-state index in [4.69, 9.17) is 0 Å². The van der Waals surface area contributed by atoms with E-state index in [9.17, 15) is 4.79 Å². The first-order valence-electron chi connectivity index (χ1n) is 8.28. The summed E-state index contributed by atoms with van der Waals surface area (Å²) < 4.78 is 1.72. The van der Waals surface area contributed by atoms with Crippen molar-refractivity contribution in [1.82, 2.24) is 19.9 Å². The van der Waals surface area contributed by atoms with Gasteiger partial charge in [-0.25, -0.2) is 9.50 Å². The highest BCUT2D eigenvalue weighted by molar-refractivity contribution is 7.98. The Hall–Kier alpha value is -2.34. The van der Waals surface area contributed by atoms with E-state index in [1.807, 2.05) is 31.7 Å². The minimum Gasteiger partial charge on any atom is -0.351 e. The molecule has 0 fully saturated rings. The highest BCUT2D eigenvalue weighted by atomic mass is 32.2. The van der Waals surface area contributed by atoms with Crippen LogP contribution in [0.3, 0.4) is 0 Å². The van der Waals surface area contributed by atoms with Gasteiger partial charge in [0.1, 0.15) is 0 Å². The van der Waals surface area contributed by atoms with E-state index in [1.54, 1.807) is 10.7 Å². The van der Waals surface area contributed by atoms with E-state index in [0.29, 0.717) is 12.1 Å². The molecule has 0 aliphatic carbocycles. The molecule has 0 radical (unpaired) electrons. The van der Waals surface area contributed by atoms with Crippen molar-refractivity contribution in [3.05, 3.63) is 64.6 Å². The number of nitrogens with zero attached hydrogens (tertiary/aromatic N) is 3. The average molecular weight is 354 g/mol. The van der Waals surface area contributed by atoms with Crippen molar-refractivity contribution >= 4 is 23.3 Å². The molecule has 3 rings (SSSR count). The fraction of sp³-hybridized carbons (Fsp3) is 0.316. The van der Waals surface area contributed by atoms with Crippen LogP contribution >= 0.6 is 11.8 Å². The number of nitrogens with one attached hydrogen (secondary N) is 1. The van der Waals surface area contributed by atoms with Gasteiger partial charge in [0.15, 0.2) is 5.65 Å². The van der Waals surface area contributed by atoms with Gasteiger partial charge in [0.2, 0.25) is 0 Å². The predicted octanol–water partition coefficient (Wildman–Crippen LogP) is 3.32. The lowest BCUT2D eigenvalue weighted by Crippen LogP contribution is -2.27. The lowest BCUT2D eigenvalue weighted by Gasteiger charge is -2.08. The molecular weight excluding hydrogens is 332 g/mol. The molecule has 25 heavy (non-hydrogen) atoms. The van der Waals surface area contributed by atoms with E-state index in [1.165, 1.54) is 11.1 Å². The first kappa shape index (κ1) is 17.5. The number of carbonyl (C=O) groups is 1. The second-order valence-corrected chi connectivity index (χ2v) is 7.21. The Morgan fingerprint density at radius 2 is 1.96 bits per heavy atom. The molecule has 6 heteroatoms. The largest absolute Gasteiger partial charge is 0.351 e. The number of benzene rings is 1. The highest BCUT2D eigenvalue weighted by Crippen LogP contribution is 2.13. The number of rotatable bonds is 6. The number of thioether (sulfide) groups is 1. The highest BCUT2D eigenvalue weighted by Gasteiger charge is 2.13. The maximum atomic E-state index is 12.4. The topological polar surface area (TPSA) is 59.3 Å². The molecule has 0 saturated carbocycles. The third-order valence-electron chi connectivity index (χ3n) is 4.01. The summed E-state index contributed by atoms with van der Waals surface area (Å²) in [6.07, 6.45) is 1.63. The van der Waals surface area contributed by atoms with Gasteiger partial charge in [-0.05, 0) is 26.3 Å². The molecular formula is C19H22N4OS. The van der Waals surface area contributed by atoms with E-state index in [0.717, 1.165) is 28.5 Å². The Kier molecular flexibility index (Phi) is 5.38. The number of carbonyl (C=O) groups excluding carboxylic acids is 1. The van der Waals surface area contributed by atoms with Crippen molar-refractivity contribution in [2.45, 2.75) is 26.5 Å². The number of aryl methyl sites for hydroxylation is 3. The van der Waals surface area contributed by atoms with Gasteiger partial charge in [0.05, 0.1) is 17.0 Å². The minimum absolute atomic E-state index is 0.101. The molecule has 0 atom stereocenters. The average Bonchev–Trinajstić information content (AvgIpc) is 2.98. The monoisotopic (exact) mass is 354 g/mol. The summed E-state index contributed by atoms with van der Waals surface area (Å²) in [4.78, 5) is 16.7. The van der Waals surface area contributed by atoms with Gasteiger partial charge in [-0.1, -0.05) is 29.8 Å². The lowest BCUT2D eigenvalue weighted by atomic mass is 10.2. The first-order chi connectivity index (χ1) is 12.0. The summed E-state index contributed by atoms with van der Waals surface area (Å²) in [5, 5.41) is 7.34. The number of fused-ring (bicyclic) bond motifs is 1. The van der Waals surface area contributed by atoms with Gasteiger partial charge in [0.25, 0.3) is 5.91 Å². The third-order valence-corrected chi connectivity index (χ3v) is 5.04. The number of hydrogen-bond donors (Lipinski definition) is 1. The number of amides is 1. The molecule has 0 aliphatic heterocycles. The van der Waals surface area contributed by atoms with Crippen LogP contribution in [-0.2, 0) is 5.75 Å². The molecule has 5 nitrogen and oxygen atoms in total. The van der Waals surface area contributed by atoms with Crippen molar-refractivity contribution in [2.75, 3.05) is 12.3 Å². The van der Waals surface area contributed by atoms with Crippen molar-refractivity contribution in [2.24, 2.45) is 0 Å². The van der Waals surface area contributed by atoms with Gasteiger partial charge in [-0.3, -0.25) is 4.79 Å². The van der Waals surface area contributed by atoms with Crippen LogP contribution in [0, 0.1) is 20.8 Å². The SMILES string of the molecule is Cc1ccc(CSCCNC(=O)c2cnc3cc(C)nn3c2C)cc1. The van der Waals surface area contributed by atoms with Gasteiger partial charge < -0.3 is 5.32 Å². The Bertz CT molecular complexity index is 886. The van der Waals surface area contributed by atoms with Gasteiger partial charge >= 0.3 is 0 Å². The summed E-state index contributed by atoms with van der Waals surface area (Å²) in [6.45, 7) is 6.53. The van der Waals surface area contributed by atoms with Crippen LogP contribution in [0.25, 0.3) is 5.65 Å². The van der Waals surface area contributed by atoms with Crippen molar-refractivity contribution in [3.8, 4) is 0 Å². The molecule has 0 unspecified atom stereocenters. The van der Waals surface area contributed by atoms with E-state index in [-0.39, 0.29) is 5.91 Å². The van der Waals surface area contributed by atoms with Crippen molar-refractivity contribution in [3.63, 3.8) is 0 Å². The van der Waals surface area contributed by atoms with Crippen LogP contribution in [-0.4, -0.2) is 32.8 Å². The van der Waals surface area contributed by atoms with Crippen molar-refractivity contribution in [1.29, 1.82) is 0 Å². The second kappa shape index (κ2) is 7.70. The lowest BCUT2D eigenvalue weighted by molar-refractivity contribution is 0.0954. The zero-order valence-corrected chi connectivity index (χ0v) is 15.6. The zero-order chi connectivity index (χ0) is 17.8. The fourth-order valence-electron chi connectivity index (χ4n) is 2.59. The summed E-state index contributed by atoms with van der Waals surface area (Å²) >= 11 is 1.81. The summed E-state index contributed by atoms with van der Waals surface area (Å²) in [7, 11) is 0. The number of hydrogen-bond acceptors (Lipinski definition) is 4. The molecule has 0 saturated heterocycles. The van der Waals surface area contributed by atoms with Crippen LogP contribution in [0.2, 0.25) is 0 Å². The fourth-order valence-corrected chi connectivity index (χ4v) is 3.41. The summed E-state index contributed by atoms with van der Waals surface area (Å²) in [6, 6.07) is 10.5. The van der Waals surface area contributed by atoms with E-state index < -0.39 is 0 Å². The molecule has 2 heterocycles. The molecule has 1 aromatic carbocycles. The minimum atomic E-state index is -0.101. The zero-order valence-electron chi connectivity index (χ0n) is 14.7. The summed E-state index contributed by atoms with van der Waals surface area (Å²) in [5.41, 5.74) is 5.61. The predicted molar refractivity (Wildman–Crippen MR) is 102 cm³/mol. The maximum absolute atomic E-state index is 12.4. The Morgan fingerprint density at radius 3 is 2.72 bits per heavy atom. The molecule has 1 N–H and O–H groups in total. The van der Waals surface area contributed by atoms with Crippen LogP contribution in [0.5, 0.6) is 0 Å². The smallest absolute Gasteiger partial charge is 0.254 e. The van der Waals surface area contributed by atoms with Crippen LogP contribution in [0.15, 0.2) is 36.5 Å². The molecule has 2 aromatic heterocycles. The summed E-state index contributed by atoms with van der Waals surface area (Å²) in [5.74, 6) is 1.72. The quantitative estimate of drug-likeness (QED) is 0.690. The second-order valence-electron chi connectivity index (χ2n) is 6.11. The molecule has 0 aliphatic rings. The standard InChI is InChI=1S/C19H22N4OS/c1-13-4-6-16(7-5-13)12-25-9-8-20-19(24)17-11-21-18-10-14(2)22-23(18)15(17)3/h4-7,10-11H,8-9,12H2,1-3H3,(H,20,24). The third kappa shape index (κ3) is 4.20. The van der Waals surface area contributed by atoms with Crippen molar-refractivity contribution < 1.29 is 4.79 Å². The Labute approximate surface area is 151 Å². The van der Waals surface area contributed by atoms with Gasteiger partial charge in [0, 0.05) is 30.3 Å². The van der Waals surface area contributed by atoms with E-state index >= 15 is 0 Å². The molecule has 130 valence electrons. The normalized spacial score (nSPS) is 11.0. The molecule has 3 aromatic rings. The van der Waals surface area contributed by atoms with Crippen LogP contribution < -0.4 is 5.32 Å². The van der Waals surface area contributed by atoms with E-state index in [2.05, 4.69) is 46.6 Å². The molecule has 1 amide bonds. The van der Waals surface area contributed by atoms with Gasteiger partial charge in [-0.2, -0.15) is 16.9 Å². The Balaban J connectivity index is 1.51. The maximum Gasteiger partial charge on any atom is 0.254 e.